The first-order valence-electron chi connectivity index (χ1n) is 14.1. The van der Waals surface area contributed by atoms with Crippen molar-refractivity contribution in [2.75, 3.05) is 26.2 Å². The predicted molar refractivity (Wildman–Crippen MR) is 158 cm³/mol. The maximum absolute atomic E-state index is 14.9. The zero-order chi connectivity index (χ0) is 29.6. The monoisotopic (exact) mass is 593 g/mol. The van der Waals surface area contributed by atoms with Crippen LogP contribution in [-0.2, 0) is 17.6 Å². The van der Waals surface area contributed by atoms with Crippen molar-refractivity contribution in [1.82, 2.24) is 15.2 Å². The van der Waals surface area contributed by atoms with Gasteiger partial charge in [0.15, 0.2) is 0 Å². The van der Waals surface area contributed by atoms with Crippen LogP contribution in [0, 0.1) is 18.6 Å². The highest BCUT2D eigenvalue weighted by molar-refractivity contribution is 7.21. The Morgan fingerprint density at radius 2 is 1.83 bits per heavy atom. The highest BCUT2D eigenvalue weighted by Crippen LogP contribution is 2.35. The highest BCUT2D eigenvalue weighted by atomic mass is 32.1. The minimum Gasteiger partial charge on any atom is -0.456 e. The first-order valence-corrected chi connectivity index (χ1v) is 14.9. The summed E-state index contributed by atoms with van der Waals surface area (Å²) in [5.74, 6) is -0.851. The molecule has 0 unspecified atom stereocenters. The van der Waals surface area contributed by atoms with Gasteiger partial charge in [0, 0.05) is 50.8 Å². The van der Waals surface area contributed by atoms with Crippen LogP contribution in [0.4, 0.5) is 8.78 Å². The van der Waals surface area contributed by atoms with E-state index >= 15 is 0 Å². The number of thiophene rings is 1. The quantitative estimate of drug-likeness (QED) is 0.220. The number of ether oxygens (including phenoxy) is 1. The first-order chi connectivity index (χ1) is 20.2. The van der Waals surface area contributed by atoms with Gasteiger partial charge >= 0.3 is 0 Å². The summed E-state index contributed by atoms with van der Waals surface area (Å²) in [7, 11) is 0. The summed E-state index contributed by atoms with van der Waals surface area (Å²) in [5, 5.41) is 12.6. The Morgan fingerprint density at radius 3 is 2.62 bits per heavy atom. The van der Waals surface area contributed by atoms with E-state index in [1.165, 1.54) is 29.5 Å². The number of ketones is 1. The van der Waals surface area contributed by atoms with Crippen molar-refractivity contribution >= 4 is 33.2 Å². The Labute approximate surface area is 247 Å². The van der Waals surface area contributed by atoms with Crippen LogP contribution in [0.1, 0.15) is 45.6 Å². The lowest BCUT2D eigenvalue weighted by Gasteiger charge is -2.29. The molecular weight excluding hydrogens is 560 g/mol. The van der Waals surface area contributed by atoms with Crippen LogP contribution >= 0.6 is 11.3 Å². The summed E-state index contributed by atoms with van der Waals surface area (Å²) in [6.45, 7) is 4.98. The van der Waals surface area contributed by atoms with Crippen molar-refractivity contribution in [2.24, 2.45) is 0 Å². The van der Waals surface area contributed by atoms with Gasteiger partial charge in [0.25, 0.3) is 5.91 Å². The summed E-state index contributed by atoms with van der Waals surface area (Å²) in [6, 6.07) is 12.2. The number of aliphatic hydroxyl groups excluding tert-OH is 1. The number of nitrogens with zero attached hydrogens (tertiary/aromatic N) is 2. The van der Waals surface area contributed by atoms with E-state index in [1.54, 1.807) is 36.5 Å². The SMILES string of the molecule is Cc1ccc(F)c(CC(=O)Cc2ccc(Oc3ccnc4cc(C(=O)NCCCN5CCC(O)CC5)sc34)cc2F)c1. The second-order valence-electron chi connectivity index (χ2n) is 10.7. The van der Waals surface area contributed by atoms with Gasteiger partial charge in [-0.05, 0) is 62.1 Å². The topological polar surface area (TPSA) is 91.8 Å². The average Bonchev–Trinajstić information content (AvgIpc) is 3.41. The van der Waals surface area contributed by atoms with Crippen LogP contribution in [0.2, 0.25) is 0 Å². The molecule has 1 amide bonds. The smallest absolute Gasteiger partial charge is 0.261 e. The number of pyridine rings is 1. The molecule has 1 saturated heterocycles. The number of Topliss-reactive ketones (excluding diaryl/α,β-unsaturated/α-hetero) is 1. The molecule has 5 rings (SSSR count). The molecule has 3 heterocycles. The van der Waals surface area contributed by atoms with Crippen molar-refractivity contribution in [1.29, 1.82) is 0 Å². The fraction of sp³-hybridized carbons (Fsp3) is 0.344. The molecule has 0 saturated carbocycles. The largest absolute Gasteiger partial charge is 0.456 e. The van der Waals surface area contributed by atoms with E-state index in [2.05, 4.69) is 15.2 Å². The lowest BCUT2D eigenvalue weighted by molar-refractivity contribution is -0.117. The fourth-order valence-corrected chi connectivity index (χ4v) is 6.01. The van der Waals surface area contributed by atoms with Crippen molar-refractivity contribution in [2.45, 2.75) is 45.1 Å². The summed E-state index contributed by atoms with van der Waals surface area (Å²) in [5.41, 5.74) is 1.94. The molecule has 0 atom stereocenters. The number of likely N-dealkylation sites (tertiary alicyclic amines) is 1. The molecule has 1 aliphatic rings. The molecule has 0 radical (unpaired) electrons. The number of aliphatic hydroxyl groups is 1. The van der Waals surface area contributed by atoms with E-state index in [4.69, 9.17) is 4.74 Å². The van der Waals surface area contributed by atoms with E-state index in [9.17, 15) is 23.5 Å². The highest BCUT2D eigenvalue weighted by Gasteiger charge is 2.18. The summed E-state index contributed by atoms with van der Waals surface area (Å²) >= 11 is 1.25. The number of carbonyl (C=O) groups is 2. The Balaban J connectivity index is 1.18. The number of rotatable bonds is 11. The second-order valence-corrected chi connectivity index (χ2v) is 11.7. The van der Waals surface area contributed by atoms with Crippen LogP contribution < -0.4 is 10.1 Å². The van der Waals surface area contributed by atoms with Gasteiger partial charge in [-0.3, -0.25) is 14.6 Å². The molecule has 2 N–H and O–H groups in total. The third-order valence-corrected chi connectivity index (χ3v) is 8.46. The molecule has 4 aromatic rings. The number of benzene rings is 2. The van der Waals surface area contributed by atoms with E-state index in [1.807, 2.05) is 6.92 Å². The van der Waals surface area contributed by atoms with Crippen molar-refractivity contribution in [3.8, 4) is 11.5 Å². The number of carbonyl (C=O) groups excluding carboxylic acids is 2. The normalized spacial score (nSPS) is 14.3. The van der Waals surface area contributed by atoms with Gasteiger partial charge in [0.1, 0.15) is 28.9 Å². The van der Waals surface area contributed by atoms with Crippen LogP contribution in [0.3, 0.4) is 0 Å². The van der Waals surface area contributed by atoms with Gasteiger partial charge < -0.3 is 20.1 Å². The van der Waals surface area contributed by atoms with Crippen molar-refractivity contribution in [3.63, 3.8) is 0 Å². The molecule has 10 heteroatoms. The third-order valence-electron chi connectivity index (χ3n) is 7.32. The van der Waals surface area contributed by atoms with Gasteiger partial charge in [0.05, 0.1) is 21.2 Å². The third kappa shape index (κ3) is 7.56. The van der Waals surface area contributed by atoms with Crippen LogP contribution in [0.25, 0.3) is 10.2 Å². The van der Waals surface area contributed by atoms with Crippen LogP contribution in [0.5, 0.6) is 11.5 Å². The minimum atomic E-state index is -0.595. The molecule has 0 aliphatic carbocycles. The number of halogens is 2. The lowest BCUT2D eigenvalue weighted by atomic mass is 10.0. The van der Waals surface area contributed by atoms with E-state index in [0.29, 0.717) is 33.0 Å². The molecule has 0 spiro atoms. The number of fused-ring (bicyclic) bond motifs is 1. The summed E-state index contributed by atoms with van der Waals surface area (Å²) in [4.78, 5) is 32.5. The van der Waals surface area contributed by atoms with E-state index in [0.717, 1.165) is 44.5 Å². The van der Waals surface area contributed by atoms with E-state index in [-0.39, 0.29) is 41.9 Å². The fourth-order valence-electron chi connectivity index (χ4n) is 5.03. The molecule has 7 nitrogen and oxygen atoms in total. The Hall–Kier alpha value is -3.73. The van der Waals surface area contributed by atoms with Gasteiger partial charge in [-0.25, -0.2) is 8.78 Å². The number of hydrogen-bond donors (Lipinski definition) is 2. The Morgan fingerprint density at radius 1 is 1.05 bits per heavy atom. The number of amides is 1. The van der Waals surface area contributed by atoms with E-state index < -0.39 is 11.6 Å². The number of aromatic nitrogens is 1. The van der Waals surface area contributed by atoms with Gasteiger partial charge in [-0.2, -0.15) is 0 Å². The van der Waals surface area contributed by atoms with Crippen LogP contribution in [0.15, 0.2) is 54.7 Å². The number of aryl methyl sites for hydroxylation is 1. The molecule has 42 heavy (non-hydrogen) atoms. The molecule has 220 valence electrons. The minimum absolute atomic E-state index is 0.113. The summed E-state index contributed by atoms with van der Waals surface area (Å²) < 4.78 is 35.6. The number of nitrogens with one attached hydrogen (secondary N) is 1. The predicted octanol–water partition coefficient (Wildman–Crippen LogP) is 5.61. The van der Waals surface area contributed by atoms with Crippen LogP contribution in [-0.4, -0.2) is 59.0 Å². The summed E-state index contributed by atoms with van der Waals surface area (Å²) in [6.07, 6.45) is 3.48. The van der Waals surface area contributed by atoms with Gasteiger partial charge in [0.2, 0.25) is 0 Å². The zero-order valence-corrected chi connectivity index (χ0v) is 24.2. The molecule has 1 fully saturated rings. The first kappa shape index (κ1) is 29.8. The van der Waals surface area contributed by atoms with Gasteiger partial charge in [-0.15, -0.1) is 11.3 Å². The number of hydrogen-bond acceptors (Lipinski definition) is 7. The second kappa shape index (κ2) is 13.5. The van der Waals surface area contributed by atoms with Crippen molar-refractivity contribution in [3.05, 3.63) is 87.9 Å². The average molecular weight is 594 g/mol. The molecule has 2 aromatic carbocycles. The molecule has 2 aromatic heterocycles. The number of piperidine rings is 1. The molecule has 0 bridgehead atoms. The maximum atomic E-state index is 14.9. The van der Waals surface area contributed by atoms with Crippen molar-refractivity contribution < 1.29 is 28.2 Å². The maximum Gasteiger partial charge on any atom is 0.261 e. The van der Waals surface area contributed by atoms with Gasteiger partial charge in [-0.1, -0.05) is 23.8 Å². The molecule has 1 aliphatic heterocycles. The Bertz CT molecular complexity index is 1580. The Kier molecular flexibility index (Phi) is 9.56. The lowest BCUT2D eigenvalue weighted by Crippen LogP contribution is -2.37. The molecular formula is C32H33F2N3O4S. The zero-order valence-electron chi connectivity index (χ0n) is 23.4. The standard InChI is InChI=1S/C32H33F2N3O4S/c1-20-3-6-26(33)22(15-20)17-24(39)16-21-4-5-25(18-27(21)34)41-29-7-11-35-28-19-30(42-31(28)29)32(40)36-10-2-12-37-13-8-23(38)9-14-37/h3-7,11,15,18-19,23,38H,2,8-10,12-14,16-17H2,1H3,(H,36,40).